The first-order valence-electron chi connectivity index (χ1n) is 10.0. The number of aryl methyl sites for hydroxylation is 1. The zero-order chi connectivity index (χ0) is 20.7. The van der Waals surface area contributed by atoms with E-state index in [9.17, 15) is 4.79 Å². The number of carbonyl (C=O) groups excluding carboxylic acids is 1. The standard InChI is InChI=1S/C21H23N7OS/c1-13-22-11-19(30-13)24-21(29)20-17-9-14(3-4-18(17)25-26-20)15-10-23-28(12-15)16-5-7-27(2)8-6-16/h3-4,9-12,16H,5-8H2,1-2H3,(H,24,29)(H,25,26). The molecule has 1 aliphatic heterocycles. The molecule has 3 aromatic heterocycles. The largest absolute Gasteiger partial charge is 0.311 e. The third kappa shape index (κ3) is 3.61. The summed E-state index contributed by atoms with van der Waals surface area (Å²) >= 11 is 1.44. The van der Waals surface area contributed by atoms with Crippen LogP contribution < -0.4 is 5.32 Å². The van der Waals surface area contributed by atoms with Crippen LogP contribution in [0.3, 0.4) is 0 Å². The van der Waals surface area contributed by atoms with E-state index in [0.29, 0.717) is 16.7 Å². The first-order valence-corrected chi connectivity index (χ1v) is 10.8. The number of thiazole rings is 1. The lowest BCUT2D eigenvalue weighted by Gasteiger charge is -2.28. The molecule has 0 bridgehead atoms. The molecular weight excluding hydrogens is 398 g/mol. The SMILES string of the molecule is Cc1ncc(NC(=O)c2n[nH]c3ccc(-c4cnn(C5CCN(C)CC5)c4)cc23)s1. The summed E-state index contributed by atoms with van der Waals surface area (Å²) in [5, 5.41) is 17.1. The van der Waals surface area contributed by atoms with Crippen LogP contribution in [0.2, 0.25) is 0 Å². The molecule has 2 N–H and O–H groups in total. The zero-order valence-electron chi connectivity index (χ0n) is 16.9. The van der Waals surface area contributed by atoms with Crippen molar-refractivity contribution < 1.29 is 4.79 Å². The summed E-state index contributed by atoms with van der Waals surface area (Å²) in [6, 6.07) is 6.43. The van der Waals surface area contributed by atoms with Gasteiger partial charge in [-0.15, -0.1) is 11.3 Å². The molecule has 5 rings (SSSR count). The molecule has 1 fully saturated rings. The minimum Gasteiger partial charge on any atom is -0.311 e. The summed E-state index contributed by atoms with van der Waals surface area (Å²) in [7, 11) is 2.16. The smallest absolute Gasteiger partial charge is 0.277 e. The number of benzene rings is 1. The number of likely N-dealkylation sites (tertiary alicyclic amines) is 1. The predicted molar refractivity (Wildman–Crippen MR) is 118 cm³/mol. The fourth-order valence-corrected chi connectivity index (χ4v) is 4.58. The third-order valence-corrected chi connectivity index (χ3v) is 6.46. The highest BCUT2D eigenvalue weighted by Gasteiger charge is 2.20. The molecule has 154 valence electrons. The maximum atomic E-state index is 12.7. The average molecular weight is 422 g/mol. The van der Waals surface area contributed by atoms with Gasteiger partial charge >= 0.3 is 0 Å². The lowest BCUT2D eigenvalue weighted by molar-refractivity contribution is 0.102. The van der Waals surface area contributed by atoms with Gasteiger partial charge in [-0.25, -0.2) is 4.98 Å². The molecule has 8 nitrogen and oxygen atoms in total. The van der Waals surface area contributed by atoms with Crippen LogP contribution in [-0.2, 0) is 0 Å². The molecule has 4 heterocycles. The van der Waals surface area contributed by atoms with E-state index in [-0.39, 0.29) is 5.91 Å². The Bertz CT molecular complexity index is 1200. The Balaban J connectivity index is 1.41. The summed E-state index contributed by atoms with van der Waals surface area (Å²) in [5.74, 6) is -0.246. The summed E-state index contributed by atoms with van der Waals surface area (Å²) in [5.41, 5.74) is 3.26. The van der Waals surface area contributed by atoms with Crippen molar-refractivity contribution in [1.82, 2.24) is 29.9 Å². The molecule has 1 amide bonds. The van der Waals surface area contributed by atoms with Crippen LogP contribution in [0.5, 0.6) is 0 Å². The summed E-state index contributed by atoms with van der Waals surface area (Å²) in [6.07, 6.45) is 7.89. The summed E-state index contributed by atoms with van der Waals surface area (Å²) in [6.45, 7) is 4.10. The molecular formula is C21H23N7OS. The fourth-order valence-electron chi connectivity index (χ4n) is 3.90. The van der Waals surface area contributed by atoms with E-state index in [0.717, 1.165) is 53.0 Å². The second-order valence-corrected chi connectivity index (χ2v) is 9.01. The molecule has 1 aliphatic rings. The molecule has 0 spiro atoms. The number of hydrogen-bond acceptors (Lipinski definition) is 6. The second kappa shape index (κ2) is 7.66. The van der Waals surface area contributed by atoms with Crippen molar-refractivity contribution in [2.24, 2.45) is 0 Å². The van der Waals surface area contributed by atoms with E-state index in [1.165, 1.54) is 11.3 Å². The Morgan fingerprint density at radius 2 is 2.07 bits per heavy atom. The lowest BCUT2D eigenvalue weighted by atomic mass is 10.0. The molecule has 4 aromatic rings. The van der Waals surface area contributed by atoms with Gasteiger partial charge in [0, 0.05) is 17.1 Å². The van der Waals surface area contributed by atoms with Gasteiger partial charge in [0.2, 0.25) is 0 Å². The van der Waals surface area contributed by atoms with Crippen LogP contribution in [0, 0.1) is 6.92 Å². The molecule has 0 unspecified atom stereocenters. The second-order valence-electron chi connectivity index (χ2n) is 7.77. The lowest BCUT2D eigenvalue weighted by Crippen LogP contribution is -2.31. The van der Waals surface area contributed by atoms with Gasteiger partial charge in [0.1, 0.15) is 5.00 Å². The number of aromatic nitrogens is 5. The van der Waals surface area contributed by atoms with Crippen molar-refractivity contribution >= 4 is 33.1 Å². The number of aromatic amines is 1. The molecule has 0 saturated carbocycles. The molecule has 1 saturated heterocycles. The first-order chi connectivity index (χ1) is 14.6. The van der Waals surface area contributed by atoms with E-state index >= 15 is 0 Å². The predicted octanol–water partition coefficient (Wildman–Crippen LogP) is 3.71. The Morgan fingerprint density at radius 1 is 1.23 bits per heavy atom. The van der Waals surface area contributed by atoms with Gasteiger partial charge < -0.3 is 10.2 Å². The minimum atomic E-state index is -0.246. The quantitative estimate of drug-likeness (QED) is 0.524. The van der Waals surface area contributed by atoms with Crippen LogP contribution in [0.25, 0.3) is 22.0 Å². The Hall–Kier alpha value is -3.04. The van der Waals surface area contributed by atoms with E-state index < -0.39 is 0 Å². The van der Waals surface area contributed by atoms with E-state index in [4.69, 9.17) is 0 Å². The van der Waals surface area contributed by atoms with E-state index in [2.05, 4.69) is 48.4 Å². The van der Waals surface area contributed by atoms with Crippen LogP contribution in [0.15, 0.2) is 36.8 Å². The highest BCUT2D eigenvalue weighted by Crippen LogP contribution is 2.28. The number of nitrogens with one attached hydrogen (secondary N) is 2. The number of anilines is 1. The molecule has 0 radical (unpaired) electrons. The van der Waals surface area contributed by atoms with Gasteiger partial charge in [0.15, 0.2) is 5.69 Å². The van der Waals surface area contributed by atoms with Crippen molar-refractivity contribution in [3.63, 3.8) is 0 Å². The van der Waals surface area contributed by atoms with Gasteiger partial charge in [-0.3, -0.25) is 14.6 Å². The number of piperidine rings is 1. The van der Waals surface area contributed by atoms with Crippen molar-refractivity contribution in [1.29, 1.82) is 0 Å². The van der Waals surface area contributed by atoms with Gasteiger partial charge in [-0.05, 0) is 57.6 Å². The first kappa shape index (κ1) is 19.0. The number of amides is 1. The average Bonchev–Trinajstić information content (AvgIpc) is 3.47. The normalized spacial score (nSPS) is 15.7. The zero-order valence-corrected chi connectivity index (χ0v) is 17.7. The van der Waals surface area contributed by atoms with Gasteiger partial charge in [0.05, 0.1) is 29.0 Å². The Morgan fingerprint density at radius 3 is 2.83 bits per heavy atom. The fraction of sp³-hybridized carbons (Fsp3) is 0.333. The molecule has 1 aromatic carbocycles. The van der Waals surface area contributed by atoms with Gasteiger partial charge in [0.25, 0.3) is 5.91 Å². The highest BCUT2D eigenvalue weighted by molar-refractivity contribution is 7.15. The number of carbonyl (C=O) groups is 1. The van der Waals surface area contributed by atoms with Crippen LogP contribution in [0.4, 0.5) is 5.00 Å². The van der Waals surface area contributed by atoms with Crippen LogP contribution in [-0.4, -0.2) is 55.9 Å². The summed E-state index contributed by atoms with van der Waals surface area (Å²) < 4.78 is 2.08. The van der Waals surface area contributed by atoms with Crippen LogP contribution in [0.1, 0.15) is 34.4 Å². The number of H-pyrrole nitrogens is 1. The van der Waals surface area contributed by atoms with E-state index in [1.54, 1.807) is 6.20 Å². The maximum Gasteiger partial charge on any atom is 0.277 e. The highest BCUT2D eigenvalue weighted by atomic mass is 32.1. The molecule has 30 heavy (non-hydrogen) atoms. The number of nitrogens with zero attached hydrogens (tertiary/aromatic N) is 5. The maximum absolute atomic E-state index is 12.7. The van der Waals surface area contributed by atoms with Gasteiger partial charge in [-0.2, -0.15) is 10.2 Å². The van der Waals surface area contributed by atoms with Crippen molar-refractivity contribution in [2.45, 2.75) is 25.8 Å². The summed E-state index contributed by atoms with van der Waals surface area (Å²) in [4.78, 5) is 19.3. The third-order valence-electron chi connectivity index (χ3n) is 5.63. The van der Waals surface area contributed by atoms with Crippen molar-refractivity contribution in [3.8, 4) is 11.1 Å². The van der Waals surface area contributed by atoms with Gasteiger partial charge in [-0.1, -0.05) is 6.07 Å². The van der Waals surface area contributed by atoms with E-state index in [1.807, 2.05) is 31.3 Å². The van der Waals surface area contributed by atoms with Crippen molar-refractivity contribution in [2.75, 3.05) is 25.5 Å². The monoisotopic (exact) mass is 421 g/mol. The van der Waals surface area contributed by atoms with Crippen LogP contribution >= 0.6 is 11.3 Å². The number of rotatable bonds is 4. The number of fused-ring (bicyclic) bond motifs is 1. The minimum absolute atomic E-state index is 0.246. The molecule has 9 heteroatoms. The topological polar surface area (TPSA) is 91.7 Å². The molecule has 0 atom stereocenters. The van der Waals surface area contributed by atoms with Crippen molar-refractivity contribution in [3.05, 3.63) is 47.5 Å². The number of hydrogen-bond donors (Lipinski definition) is 2. The Labute approximate surface area is 177 Å². The Kier molecular flexibility index (Phi) is 4.84. The molecule has 0 aliphatic carbocycles.